The summed E-state index contributed by atoms with van der Waals surface area (Å²) in [5.74, 6) is 6.46. The molecule has 0 radical (unpaired) electrons. The van der Waals surface area contributed by atoms with Crippen molar-refractivity contribution in [2.45, 2.75) is 78.4 Å². The Balaban J connectivity index is 0.000000156. The summed E-state index contributed by atoms with van der Waals surface area (Å²) in [6.07, 6.45) is 9.84. The Hall–Kier alpha value is -4.86. The minimum atomic E-state index is 0.547. The highest BCUT2D eigenvalue weighted by Crippen LogP contribution is 2.60. The standard InChI is InChI=1S/C24H25N3O2.C22H29N3O/c1-3-15-28-22-14-13-18-9-7-8-12-20(18)21(22)16-27(2)17-23-25-26-24(29-23)19-10-5-4-6-11-19;1-15-3-5-19(6-4-15)21-24-23-20(26-21)13-25(2)14-22-10-16-7-17(11-22)9-18(8-16)12-22/h4-14H,3,15-17H2,1-2H3;3-6,16-18H,7-14H2,1-2H3. The van der Waals surface area contributed by atoms with E-state index in [-0.39, 0.29) is 0 Å². The van der Waals surface area contributed by atoms with Crippen LogP contribution in [0.15, 0.2) is 99.8 Å². The van der Waals surface area contributed by atoms with E-state index < -0.39 is 0 Å². The summed E-state index contributed by atoms with van der Waals surface area (Å²) in [6, 6.07) is 30.7. The number of hydrogen-bond acceptors (Lipinski definition) is 9. The lowest BCUT2D eigenvalue weighted by Gasteiger charge is -2.57. The van der Waals surface area contributed by atoms with Gasteiger partial charge in [0.15, 0.2) is 0 Å². The second-order valence-electron chi connectivity index (χ2n) is 16.6. The van der Waals surface area contributed by atoms with Gasteiger partial charge in [-0.1, -0.05) is 73.2 Å². The molecule has 4 fully saturated rings. The van der Waals surface area contributed by atoms with Crippen molar-refractivity contribution in [3.8, 4) is 28.7 Å². The molecule has 0 saturated heterocycles. The molecule has 6 aromatic rings. The summed E-state index contributed by atoms with van der Waals surface area (Å²) in [5, 5.41) is 19.4. The number of aromatic nitrogens is 4. The molecule has 0 aliphatic heterocycles. The van der Waals surface area contributed by atoms with E-state index in [1.165, 1.54) is 67.0 Å². The molecule has 0 spiro atoms. The fourth-order valence-corrected chi connectivity index (χ4v) is 9.87. The molecule has 9 heteroatoms. The number of benzene rings is 4. The van der Waals surface area contributed by atoms with Crippen LogP contribution in [0.3, 0.4) is 0 Å². The molecule has 286 valence electrons. The number of nitrogens with zero attached hydrogens (tertiary/aromatic N) is 6. The molecule has 4 saturated carbocycles. The topological polar surface area (TPSA) is 93.5 Å². The van der Waals surface area contributed by atoms with Gasteiger partial charge in [-0.15, -0.1) is 20.4 Å². The summed E-state index contributed by atoms with van der Waals surface area (Å²) < 4.78 is 17.8. The maximum absolute atomic E-state index is 6.03. The van der Waals surface area contributed by atoms with Gasteiger partial charge in [-0.3, -0.25) is 9.80 Å². The Morgan fingerprint density at radius 2 is 1.24 bits per heavy atom. The van der Waals surface area contributed by atoms with Crippen LogP contribution in [-0.2, 0) is 19.6 Å². The molecule has 0 atom stereocenters. The Kier molecular flexibility index (Phi) is 11.1. The minimum Gasteiger partial charge on any atom is -0.493 e. The van der Waals surface area contributed by atoms with Crippen molar-refractivity contribution in [3.05, 3.63) is 114 Å². The molecule has 10 rings (SSSR count). The van der Waals surface area contributed by atoms with E-state index in [1.807, 2.05) is 42.5 Å². The molecular formula is C46H54N6O3. The van der Waals surface area contributed by atoms with Crippen molar-refractivity contribution in [1.29, 1.82) is 0 Å². The average Bonchev–Trinajstić information content (AvgIpc) is 3.84. The number of aryl methyl sites for hydroxylation is 1. The van der Waals surface area contributed by atoms with Crippen LogP contribution in [0.5, 0.6) is 5.75 Å². The number of hydrogen-bond donors (Lipinski definition) is 0. The highest BCUT2D eigenvalue weighted by molar-refractivity contribution is 5.87. The maximum Gasteiger partial charge on any atom is 0.247 e. The van der Waals surface area contributed by atoms with Gasteiger partial charge in [-0.05, 0) is 130 Å². The van der Waals surface area contributed by atoms with Gasteiger partial charge >= 0.3 is 0 Å². The first kappa shape index (κ1) is 37.1. The molecule has 4 aliphatic carbocycles. The summed E-state index contributed by atoms with van der Waals surface area (Å²) in [7, 11) is 4.27. The Morgan fingerprint density at radius 1 is 0.655 bits per heavy atom. The molecule has 4 aromatic carbocycles. The summed E-state index contributed by atoms with van der Waals surface area (Å²) >= 11 is 0. The molecular weight excluding hydrogens is 685 g/mol. The Bertz CT molecular complexity index is 2120. The van der Waals surface area contributed by atoms with Gasteiger partial charge in [-0.2, -0.15) is 0 Å². The summed E-state index contributed by atoms with van der Waals surface area (Å²) in [6.45, 7) is 8.13. The van der Waals surface area contributed by atoms with Crippen molar-refractivity contribution in [2.24, 2.45) is 23.2 Å². The molecule has 9 nitrogen and oxygen atoms in total. The van der Waals surface area contributed by atoms with Gasteiger partial charge in [0.1, 0.15) is 5.75 Å². The first-order valence-corrected chi connectivity index (χ1v) is 20.1. The van der Waals surface area contributed by atoms with E-state index in [0.29, 0.717) is 36.2 Å². The van der Waals surface area contributed by atoms with Gasteiger partial charge in [0.05, 0.1) is 19.7 Å². The monoisotopic (exact) mass is 738 g/mol. The molecule has 4 aliphatic rings. The minimum absolute atomic E-state index is 0.547. The largest absolute Gasteiger partial charge is 0.493 e. The third-order valence-corrected chi connectivity index (χ3v) is 11.7. The zero-order chi connectivity index (χ0) is 37.8. The Morgan fingerprint density at radius 3 is 1.87 bits per heavy atom. The van der Waals surface area contributed by atoms with E-state index in [9.17, 15) is 0 Å². The van der Waals surface area contributed by atoms with Crippen LogP contribution in [0.25, 0.3) is 33.7 Å². The van der Waals surface area contributed by atoms with Crippen LogP contribution in [0.1, 0.15) is 74.8 Å². The third kappa shape index (κ3) is 8.84. The highest BCUT2D eigenvalue weighted by atomic mass is 16.5. The maximum atomic E-state index is 6.03. The molecule has 0 amide bonds. The predicted molar refractivity (Wildman–Crippen MR) is 216 cm³/mol. The van der Waals surface area contributed by atoms with Crippen molar-refractivity contribution >= 4 is 10.8 Å². The second kappa shape index (κ2) is 16.5. The molecule has 0 unspecified atom stereocenters. The van der Waals surface area contributed by atoms with Crippen LogP contribution in [0, 0.1) is 30.1 Å². The first-order chi connectivity index (χ1) is 26.8. The van der Waals surface area contributed by atoms with Crippen LogP contribution in [-0.4, -0.2) is 57.4 Å². The quantitative estimate of drug-likeness (QED) is 0.115. The molecule has 0 N–H and O–H groups in total. The van der Waals surface area contributed by atoms with Gasteiger partial charge in [0.2, 0.25) is 23.6 Å². The molecule has 4 bridgehead atoms. The SMILES string of the molecule is CCCOc1ccc2ccccc2c1CN(C)Cc1nnc(-c2ccccc2)o1.Cc1ccc(-c2nnc(CN(C)CC34CC5CC(CC(C5)C3)C4)o2)cc1. The Labute approximate surface area is 325 Å². The highest BCUT2D eigenvalue weighted by Gasteiger charge is 2.51. The number of ether oxygens (including phenoxy) is 1. The van der Waals surface area contributed by atoms with E-state index in [0.717, 1.165) is 60.0 Å². The normalized spacial score (nSPS) is 21.3. The molecule has 2 aromatic heterocycles. The van der Waals surface area contributed by atoms with Crippen LogP contribution < -0.4 is 4.74 Å². The third-order valence-electron chi connectivity index (χ3n) is 11.7. The van der Waals surface area contributed by atoms with E-state index in [4.69, 9.17) is 13.6 Å². The fraction of sp³-hybridized carbons (Fsp3) is 0.435. The molecule has 55 heavy (non-hydrogen) atoms. The van der Waals surface area contributed by atoms with Crippen molar-refractivity contribution < 1.29 is 13.6 Å². The van der Waals surface area contributed by atoms with Crippen LogP contribution in [0.4, 0.5) is 0 Å². The van der Waals surface area contributed by atoms with Gasteiger partial charge in [0.25, 0.3) is 0 Å². The van der Waals surface area contributed by atoms with Crippen molar-refractivity contribution in [2.75, 3.05) is 27.2 Å². The second-order valence-corrected chi connectivity index (χ2v) is 16.6. The molecule has 2 heterocycles. The fourth-order valence-electron chi connectivity index (χ4n) is 9.87. The van der Waals surface area contributed by atoms with Crippen molar-refractivity contribution in [1.82, 2.24) is 30.2 Å². The van der Waals surface area contributed by atoms with Gasteiger partial charge in [0, 0.05) is 29.8 Å². The van der Waals surface area contributed by atoms with E-state index in [1.54, 1.807) is 0 Å². The lowest BCUT2D eigenvalue weighted by atomic mass is 9.49. The smallest absolute Gasteiger partial charge is 0.247 e. The summed E-state index contributed by atoms with van der Waals surface area (Å²) in [5.41, 5.74) is 4.91. The van der Waals surface area contributed by atoms with Crippen molar-refractivity contribution in [3.63, 3.8) is 0 Å². The summed E-state index contributed by atoms with van der Waals surface area (Å²) in [4.78, 5) is 4.59. The predicted octanol–water partition coefficient (Wildman–Crippen LogP) is 10.0. The van der Waals surface area contributed by atoms with E-state index >= 15 is 0 Å². The number of fused-ring (bicyclic) bond motifs is 1. The van der Waals surface area contributed by atoms with Crippen LogP contribution in [0.2, 0.25) is 0 Å². The lowest BCUT2D eigenvalue weighted by molar-refractivity contribution is -0.0676. The van der Waals surface area contributed by atoms with E-state index in [2.05, 4.69) is 107 Å². The first-order valence-electron chi connectivity index (χ1n) is 20.1. The average molecular weight is 739 g/mol. The number of rotatable bonds is 13. The van der Waals surface area contributed by atoms with Gasteiger partial charge in [-0.25, -0.2) is 0 Å². The lowest BCUT2D eigenvalue weighted by Crippen LogP contribution is -2.50. The van der Waals surface area contributed by atoms with Crippen LogP contribution >= 0.6 is 0 Å². The zero-order valence-corrected chi connectivity index (χ0v) is 32.8. The van der Waals surface area contributed by atoms with Gasteiger partial charge < -0.3 is 13.6 Å². The zero-order valence-electron chi connectivity index (χ0n) is 32.8.